The van der Waals surface area contributed by atoms with Gasteiger partial charge in [0.15, 0.2) is 11.6 Å². The van der Waals surface area contributed by atoms with E-state index in [0.717, 1.165) is 24.8 Å². The summed E-state index contributed by atoms with van der Waals surface area (Å²) in [5.41, 5.74) is 4.21. The first-order valence-corrected chi connectivity index (χ1v) is 12.4. The van der Waals surface area contributed by atoms with E-state index in [2.05, 4.69) is 36.2 Å². The predicted octanol–water partition coefficient (Wildman–Crippen LogP) is 7.79. The van der Waals surface area contributed by atoms with Crippen LogP contribution in [0.25, 0.3) is 11.3 Å². The molecule has 4 rings (SSSR count). The molecule has 0 amide bonds. The molecule has 2 aromatic carbocycles. The molecule has 2 unspecified atom stereocenters. The van der Waals surface area contributed by atoms with Gasteiger partial charge in [0.2, 0.25) is 5.82 Å². The van der Waals surface area contributed by atoms with Gasteiger partial charge in [-0.2, -0.15) is 4.39 Å². The molecule has 180 valence electrons. The van der Waals surface area contributed by atoms with Crippen molar-refractivity contribution in [2.45, 2.75) is 64.4 Å². The second-order valence-corrected chi connectivity index (χ2v) is 8.94. The molecule has 3 nitrogen and oxygen atoms in total. The van der Waals surface area contributed by atoms with Crippen LogP contribution in [0.1, 0.15) is 74.7 Å². The van der Waals surface area contributed by atoms with Crippen LogP contribution in [-0.2, 0) is 11.2 Å². The van der Waals surface area contributed by atoms with Crippen molar-refractivity contribution in [1.29, 1.82) is 0 Å². The van der Waals surface area contributed by atoms with E-state index < -0.39 is 11.6 Å². The molecule has 34 heavy (non-hydrogen) atoms. The lowest BCUT2D eigenvalue weighted by Crippen LogP contribution is -2.19. The molecule has 0 radical (unpaired) electrons. The van der Waals surface area contributed by atoms with Crippen LogP contribution in [0, 0.1) is 11.6 Å². The molecule has 5 heteroatoms. The standard InChI is InChI=1S/C29H33F2NO2/c1-3-5-6-7-20-8-10-21(11-9-20)26-16-13-23(19-34-26)22-12-15-25(32-18-22)24-14-17-27(33-4-2)29(31)28(24)30/h8-12,14-15,17-18,23,26H,3-7,13,16,19H2,1-2H3. The third kappa shape index (κ3) is 5.64. The summed E-state index contributed by atoms with van der Waals surface area (Å²) in [5, 5.41) is 0. The molecule has 0 N–H and O–H groups in total. The predicted molar refractivity (Wildman–Crippen MR) is 131 cm³/mol. The molecule has 1 fully saturated rings. The lowest BCUT2D eigenvalue weighted by atomic mass is 9.90. The van der Waals surface area contributed by atoms with E-state index in [1.807, 2.05) is 6.07 Å². The van der Waals surface area contributed by atoms with E-state index >= 15 is 0 Å². The number of unbranched alkanes of at least 4 members (excludes halogenated alkanes) is 2. The molecular formula is C29H33F2NO2. The molecule has 1 aliphatic rings. The van der Waals surface area contributed by atoms with Gasteiger partial charge >= 0.3 is 0 Å². The van der Waals surface area contributed by atoms with Crippen LogP contribution in [0.4, 0.5) is 8.78 Å². The zero-order valence-corrected chi connectivity index (χ0v) is 20.0. The third-order valence-electron chi connectivity index (χ3n) is 6.58. The minimum Gasteiger partial charge on any atom is -0.491 e. The SMILES string of the molecule is CCCCCc1ccc(C2CCC(c3ccc(-c4ccc(OCC)c(F)c4F)nc3)CO2)cc1. The number of ether oxygens (including phenoxy) is 2. The zero-order valence-electron chi connectivity index (χ0n) is 20.0. The maximum absolute atomic E-state index is 14.5. The van der Waals surface area contributed by atoms with E-state index in [1.54, 1.807) is 19.2 Å². The molecule has 2 heterocycles. The maximum Gasteiger partial charge on any atom is 0.201 e. The Balaban J connectivity index is 1.36. The summed E-state index contributed by atoms with van der Waals surface area (Å²) in [4.78, 5) is 4.42. The Labute approximate surface area is 201 Å². The second kappa shape index (κ2) is 11.6. The summed E-state index contributed by atoms with van der Waals surface area (Å²) >= 11 is 0. The summed E-state index contributed by atoms with van der Waals surface area (Å²) in [5.74, 6) is -1.76. The fraction of sp³-hybridized carbons (Fsp3) is 0.414. The molecule has 1 aliphatic heterocycles. The van der Waals surface area contributed by atoms with Crippen LogP contribution >= 0.6 is 0 Å². The van der Waals surface area contributed by atoms with Gasteiger partial charge in [-0.05, 0) is 67.5 Å². The highest BCUT2D eigenvalue weighted by Crippen LogP contribution is 2.36. The summed E-state index contributed by atoms with van der Waals surface area (Å²) in [7, 11) is 0. The third-order valence-corrected chi connectivity index (χ3v) is 6.58. The Morgan fingerprint density at radius 1 is 0.912 bits per heavy atom. The van der Waals surface area contributed by atoms with Crippen LogP contribution in [0.2, 0.25) is 0 Å². The van der Waals surface area contributed by atoms with Gasteiger partial charge in [0.25, 0.3) is 0 Å². The Kier molecular flexibility index (Phi) is 8.28. The Morgan fingerprint density at radius 3 is 2.35 bits per heavy atom. The monoisotopic (exact) mass is 465 g/mol. The molecule has 1 aromatic heterocycles. The molecule has 0 spiro atoms. The number of hydrogen-bond donors (Lipinski definition) is 0. The van der Waals surface area contributed by atoms with E-state index in [0.29, 0.717) is 12.3 Å². The molecule has 2 atom stereocenters. The number of benzene rings is 2. The highest BCUT2D eigenvalue weighted by atomic mass is 19.2. The summed E-state index contributed by atoms with van der Waals surface area (Å²) in [6.07, 6.45) is 8.71. The van der Waals surface area contributed by atoms with Crippen LogP contribution in [0.15, 0.2) is 54.7 Å². The first kappa shape index (κ1) is 24.3. The van der Waals surface area contributed by atoms with E-state index in [9.17, 15) is 8.78 Å². The molecule has 0 aliphatic carbocycles. The summed E-state index contributed by atoms with van der Waals surface area (Å²) < 4.78 is 40.1. The highest BCUT2D eigenvalue weighted by molar-refractivity contribution is 5.61. The van der Waals surface area contributed by atoms with Crippen molar-refractivity contribution >= 4 is 0 Å². The Hall–Kier alpha value is -2.79. The normalized spacial score (nSPS) is 18.1. The second-order valence-electron chi connectivity index (χ2n) is 8.94. The minimum absolute atomic E-state index is 0.0830. The summed E-state index contributed by atoms with van der Waals surface area (Å²) in [6, 6.07) is 15.5. The molecule has 3 aromatic rings. The Morgan fingerprint density at radius 2 is 1.71 bits per heavy atom. The fourth-order valence-corrected chi connectivity index (χ4v) is 4.56. The lowest BCUT2D eigenvalue weighted by molar-refractivity contribution is 0.00231. The zero-order chi connectivity index (χ0) is 23.9. The molecular weight excluding hydrogens is 432 g/mol. The van der Waals surface area contributed by atoms with Crippen molar-refractivity contribution in [2.24, 2.45) is 0 Å². The van der Waals surface area contributed by atoms with Crippen molar-refractivity contribution in [1.82, 2.24) is 4.98 Å². The van der Waals surface area contributed by atoms with Gasteiger partial charge in [-0.3, -0.25) is 4.98 Å². The van der Waals surface area contributed by atoms with Crippen LogP contribution in [0.3, 0.4) is 0 Å². The number of nitrogens with zero attached hydrogens (tertiary/aromatic N) is 1. The van der Waals surface area contributed by atoms with E-state index in [1.165, 1.54) is 42.5 Å². The minimum atomic E-state index is -0.981. The average Bonchev–Trinajstić information content (AvgIpc) is 2.88. The van der Waals surface area contributed by atoms with Gasteiger partial charge < -0.3 is 9.47 Å². The van der Waals surface area contributed by atoms with Gasteiger partial charge in [-0.1, -0.05) is 50.1 Å². The van der Waals surface area contributed by atoms with Crippen LogP contribution in [-0.4, -0.2) is 18.2 Å². The number of hydrogen-bond acceptors (Lipinski definition) is 3. The summed E-state index contributed by atoms with van der Waals surface area (Å²) in [6.45, 7) is 4.85. The van der Waals surface area contributed by atoms with Gasteiger partial charge in [0, 0.05) is 17.7 Å². The van der Waals surface area contributed by atoms with E-state index in [4.69, 9.17) is 9.47 Å². The topological polar surface area (TPSA) is 31.4 Å². The maximum atomic E-state index is 14.5. The van der Waals surface area contributed by atoms with Crippen LogP contribution < -0.4 is 4.74 Å². The molecule has 1 saturated heterocycles. The van der Waals surface area contributed by atoms with Gasteiger partial charge in [-0.15, -0.1) is 0 Å². The number of halogens is 2. The lowest BCUT2D eigenvalue weighted by Gasteiger charge is -2.29. The highest BCUT2D eigenvalue weighted by Gasteiger charge is 2.25. The Bertz CT molecular complexity index is 1060. The van der Waals surface area contributed by atoms with Gasteiger partial charge in [-0.25, -0.2) is 4.39 Å². The number of aryl methyl sites for hydroxylation is 1. The first-order valence-electron chi connectivity index (χ1n) is 12.4. The number of aromatic nitrogens is 1. The largest absolute Gasteiger partial charge is 0.491 e. The number of rotatable bonds is 9. The fourth-order valence-electron chi connectivity index (χ4n) is 4.56. The van der Waals surface area contributed by atoms with Gasteiger partial charge in [0.1, 0.15) is 0 Å². The average molecular weight is 466 g/mol. The van der Waals surface area contributed by atoms with Gasteiger partial charge in [0.05, 0.1) is 25.0 Å². The molecule has 0 saturated carbocycles. The molecule has 0 bridgehead atoms. The van der Waals surface area contributed by atoms with Crippen molar-refractivity contribution in [3.05, 3.63) is 83.1 Å². The van der Waals surface area contributed by atoms with Crippen molar-refractivity contribution < 1.29 is 18.3 Å². The quantitative estimate of drug-likeness (QED) is 0.302. The number of pyridine rings is 1. The van der Waals surface area contributed by atoms with Crippen molar-refractivity contribution in [3.63, 3.8) is 0 Å². The van der Waals surface area contributed by atoms with Crippen molar-refractivity contribution in [3.8, 4) is 17.0 Å². The van der Waals surface area contributed by atoms with Crippen LogP contribution in [0.5, 0.6) is 5.75 Å². The smallest absolute Gasteiger partial charge is 0.201 e. The van der Waals surface area contributed by atoms with E-state index in [-0.39, 0.29) is 29.9 Å². The van der Waals surface area contributed by atoms with Crippen molar-refractivity contribution in [2.75, 3.05) is 13.2 Å². The first-order chi connectivity index (χ1) is 16.6.